The van der Waals surface area contributed by atoms with Crippen LogP contribution in [0.3, 0.4) is 0 Å². The molecule has 0 unspecified atom stereocenters. The number of anilines is 1. The molecule has 14 heteroatoms. The highest BCUT2D eigenvalue weighted by Gasteiger charge is 2.38. The lowest BCUT2D eigenvalue weighted by Gasteiger charge is -2.16. The van der Waals surface area contributed by atoms with Crippen LogP contribution in [0.1, 0.15) is 21.5 Å². The molecule has 32 heavy (non-hydrogen) atoms. The third-order valence-corrected chi connectivity index (χ3v) is 4.08. The SMILES string of the molecule is COc1cc(C(=O)Nc2cc(C(F)(F)F)cc(C(F)(F)F)c2)c([N+](=O)[O-])c(OC)c1OC. The summed E-state index contributed by atoms with van der Waals surface area (Å²) in [7, 11) is 3.28. The van der Waals surface area contributed by atoms with Crippen LogP contribution in [0.4, 0.5) is 37.7 Å². The smallest absolute Gasteiger partial charge is 0.416 e. The van der Waals surface area contributed by atoms with Crippen LogP contribution < -0.4 is 19.5 Å². The number of amides is 1. The third-order valence-electron chi connectivity index (χ3n) is 4.08. The van der Waals surface area contributed by atoms with Crippen molar-refractivity contribution < 1.29 is 50.3 Å². The number of nitrogens with one attached hydrogen (secondary N) is 1. The summed E-state index contributed by atoms with van der Waals surface area (Å²) in [6, 6.07) is 1.23. The Morgan fingerprint density at radius 2 is 1.38 bits per heavy atom. The van der Waals surface area contributed by atoms with Crippen molar-refractivity contribution in [1.82, 2.24) is 0 Å². The van der Waals surface area contributed by atoms with E-state index in [1.54, 1.807) is 0 Å². The Hall–Kier alpha value is -3.71. The highest BCUT2D eigenvalue weighted by Crippen LogP contribution is 2.46. The molecule has 2 aromatic carbocycles. The number of benzene rings is 2. The van der Waals surface area contributed by atoms with E-state index in [1.165, 1.54) is 0 Å². The second-order valence-corrected chi connectivity index (χ2v) is 6.05. The van der Waals surface area contributed by atoms with Gasteiger partial charge in [-0.3, -0.25) is 14.9 Å². The molecule has 2 aromatic rings. The van der Waals surface area contributed by atoms with Crippen molar-refractivity contribution in [1.29, 1.82) is 0 Å². The number of carbonyl (C=O) groups is 1. The number of nitrogens with zero attached hydrogens (tertiary/aromatic N) is 1. The zero-order valence-electron chi connectivity index (χ0n) is 16.5. The Morgan fingerprint density at radius 1 is 0.875 bits per heavy atom. The van der Waals surface area contributed by atoms with Gasteiger partial charge in [-0.1, -0.05) is 0 Å². The summed E-state index contributed by atoms with van der Waals surface area (Å²) in [6.07, 6.45) is -10.3. The van der Waals surface area contributed by atoms with Crippen LogP contribution >= 0.6 is 0 Å². The fourth-order valence-electron chi connectivity index (χ4n) is 2.72. The first-order chi connectivity index (χ1) is 14.7. The van der Waals surface area contributed by atoms with Crippen molar-refractivity contribution >= 4 is 17.3 Å². The molecule has 0 radical (unpaired) electrons. The standard InChI is InChI=1S/C18H14F6N2O6/c1-30-12-7-11(13(26(28)29)15(32-3)14(12)31-2)16(27)25-10-5-8(17(19,20)21)4-9(6-10)18(22,23)24/h4-7H,1-3H3,(H,25,27). The number of ether oxygens (including phenoxy) is 3. The summed E-state index contributed by atoms with van der Waals surface area (Å²) < 4.78 is 93.1. The lowest BCUT2D eigenvalue weighted by Crippen LogP contribution is -2.17. The van der Waals surface area contributed by atoms with Crippen LogP contribution in [0.2, 0.25) is 0 Å². The Kier molecular flexibility index (Phi) is 6.76. The highest BCUT2D eigenvalue weighted by atomic mass is 19.4. The second-order valence-electron chi connectivity index (χ2n) is 6.05. The summed E-state index contributed by atoms with van der Waals surface area (Å²) in [5, 5.41) is 13.4. The van der Waals surface area contributed by atoms with Gasteiger partial charge in [0.1, 0.15) is 5.56 Å². The summed E-state index contributed by atoms with van der Waals surface area (Å²) in [4.78, 5) is 23.2. The van der Waals surface area contributed by atoms with Gasteiger partial charge in [0.15, 0.2) is 5.75 Å². The number of methoxy groups -OCH3 is 3. The van der Waals surface area contributed by atoms with E-state index in [1.807, 2.05) is 5.32 Å². The first-order valence-corrected chi connectivity index (χ1v) is 8.32. The highest BCUT2D eigenvalue weighted by molar-refractivity contribution is 6.08. The second kappa shape index (κ2) is 8.80. The lowest BCUT2D eigenvalue weighted by molar-refractivity contribution is -0.386. The van der Waals surface area contributed by atoms with E-state index < -0.39 is 57.0 Å². The summed E-state index contributed by atoms with van der Waals surface area (Å²) in [6.45, 7) is 0. The average Bonchev–Trinajstić information content (AvgIpc) is 2.70. The van der Waals surface area contributed by atoms with Gasteiger partial charge < -0.3 is 19.5 Å². The predicted molar refractivity (Wildman–Crippen MR) is 97.2 cm³/mol. The molecular weight excluding hydrogens is 454 g/mol. The maximum Gasteiger partial charge on any atom is 0.416 e. The molecule has 0 aromatic heterocycles. The third kappa shape index (κ3) is 4.95. The van der Waals surface area contributed by atoms with Gasteiger partial charge in [0.2, 0.25) is 11.5 Å². The Balaban J connectivity index is 2.66. The topological polar surface area (TPSA) is 99.9 Å². The van der Waals surface area contributed by atoms with E-state index in [0.29, 0.717) is 0 Å². The quantitative estimate of drug-likeness (QED) is 0.368. The molecule has 2 rings (SSSR count). The normalized spacial score (nSPS) is 11.7. The fraction of sp³-hybridized carbons (Fsp3) is 0.278. The van der Waals surface area contributed by atoms with Crippen molar-refractivity contribution in [2.24, 2.45) is 0 Å². The number of rotatable bonds is 6. The first-order valence-electron chi connectivity index (χ1n) is 8.32. The van der Waals surface area contributed by atoms with Gasteiger partial charge >= 0.3 is 18.0 Å². The first kappa shape index (κ1) is 24.6. The largest absolute Gasteiger partial charge is 0.493 e. The molecule has 0 atom stereocenters. The zero-order chi connectivity index (χ0) is 24.4. The van der Waals surface area contributed by atoms with Crippen molar-refractivity contribution in [3.05, 3.63) is 51.1 Å². The number of hydrogen-bond acceptors (Lipinski definition) is 6. The van der Waals surface area contributed by atoms with Gasteiger partial charge in [-0.2, -0.15) is 26.3 Å². The molecule has 0 saturated carbocycles. The number of nitro groups is 1. The Bertz CT molecular complexity index is 1020. The predicted octanol–water partition coefficient (Wildman–Crippen LogP) is 4.91. The number of halogens is 6. The molecule has 0 aliphatic carbocycles. The van der Waals surface area contributed by atoms with E-state index in [-0.39, 0.29) is 29.7 Å². The van der Waals surface area contributed by atoms with Gasteiger partial charge in [0.25, 0.3) is 5.91 Å². The molecule has 0 fully saturated rings. The van der Waals surface area contributed by atoms with Crippen LogP contribution in [0.15, 0.2) is 24.3 Å². The summed E-state index contributed by atoms with van der Waals surface area (Å²) >= 11 is 0. The molecular formula is C18H14F6N2O6. The van der Waals surface area contributed by atoms with Crippen LogP contribution in [0.5, 0.6) is 17.2 Å². The molecule has 1 amide bonds. The van der Waals surface area contributed by atoms with E-state index in [4.69, 9.17) is 14.2 Å². The Morgan fingerprint density at radius 3 is 1.75 bits per heavy atom. The minimum Gasteiger partial charge on any atom is -0.493 e. The van der Waals surface area contributed by atoms with E-state index in [0.717, 1.165) is 27.4 Å². The molecule has 8 nitrogen and oxygen atoms in total. The number of alkyl halides is 6. The minimum atomic E-state index is -5.15. The van der Waals surface area contributed by atoms with Crippen molar-refractivity contribution in [3.8, 4) is 17.2 Å². The minimum absolute atomic E-state index is 0.127. The van der Waals surface area contributed by atoms with Crippen LogP contribution in [0.25, 0.3) is 0 Å². The van der Waals surface area contributed by atoms with Crippen LogP contribution in [0, 0.1) is 10.1 Å². The van der Waals surface area contributed by atoms with Gasteiger partial charge in [0, 0.05) is 11.8 Å². The summed E-state index contributed by atoms with van der Waals surface area (Å²) in [5.74, 6) is -2.39. The van der Waals surface area contributed by atoms with Gasteiger partial charge in [-0.25, -0.2) is 0 Å². The average molecular weight is 468 g/mol. The molecule has 0 heterocycles. The molecule has 0 saturated heterocycles. The van der Waals surface area contributed by atoms with Gasteiger partial charge in [-0.15, -0.1) is 0 Å². The van der Waals surface area contributed by atoms with Gasteiger partial charge in [0.05, 0.1) is 37.4 Å². The number of hydrogen-bond donors (Lipinski definition) is 1. The van der Waals surface area contributed by atoms with Crippen LogP contribution in [-0.2, 0) is 12.4 Å². The number of nitro benzene ring substituents is 1. The molecule has 0 aliphatic heterocycles. The van der Waals surface area contributed by atoms with E-state index in [2.05, 4.69) is 0 Å². The molecule has 174 valence electrons. The zero-order valence-corrected chi connectivity index (χ0v) is 16.5. The monoisotopic (exact) mass is 468 g/mol. The summed E-state index contributed by atoms with van der Waals surface area (Å²) in [5.41, 5.74) is -5.94. The fourth-order valence-corrected chi connectivity index (χ4v) is 2.72. The molecule has 0 spiro atoms. The Labute approximate surface area is 175 Å². The maximum absolute atomic E-state index is 13.0. The van der Waals surface area contributed by atoms with Crippen molar-refractivity contribution in [2.45, 2.75) is 12.4 Å². The van der Waals surface area contributed by atoms with E-state index >= 15 is 0 Å². The van der Waals surface area contributed by atoms with Crippen molar-refractivity contribution in [2.75, 3.05) is 26.6 Å². The van der Waals surface area contributed by atoms with Crippen LogP contribution in [-0.4, -0.2) is 32.2 Å². The van der Waals surface area contributed by atoms with E-state index in [9.17, 15) is 41.3 Å². The molecule has 0 bridgehead atoms. The number of carbonyl (C=O) groups excluding carboxylic acids is 1. The molecule has 0 aliphatic rings. The maximum atomic E-state index is 13.0. The van der Waals surface area contributed by atoms with Crippen molar-refractivity contribution in [3.63, 3.8) is 0 Å². The lowest BCUT2D eigenvalue weighted by atomic mass is 10.1. The van der Waals surface area contributed by atoms with Gasteiger partial charge in [-0.05, 0) is 18.2 Å². The molecule has 1 N–H and O–H groups in total.